The molecule has 0 spiro atoms. The van der Waals surface area contributed by atoms with Gasteiger partial charge in [0.1, 0.15) is 0 Å². The monoisotopic (exact) mass is 484 g/mol. The van der Waals surface area contributed by atoms with Gasteiger partial charge in [0.2, 0.25) is 0 Å². The van der Waals surface area contributed by atoms with E-state index < -0.39 is 0 Å². The lowest BCUT2D eigenvalue weighted by atomic mass is 9.82. The van der Waals surface area contributed by atoms with Gasteiger partial charge in [0.25, 0.3) is 0 Å². The van der Waals surface area contributed by atoms with Crippen LogP contribution in [0.2, 0.25) is 0 Å². The van der Waals surface area contributed by atoms with Crippen LogP contribution < -0.4 is 4.90 Å². The maximum absolute atomic E-state index is 14.3. The molecule has 1 aliphatic carbocycles. The molecule has 5 rings (SSSR count). The third-order valence-electron chi connectivity index (χ3n) is 7.75. The summed E-state index contributed by atoms with van der Waals surface area (Å²) in [7, 11) is 0. The summed E-state index contributed by atoms with van der Waals surface area (Å²) in [5.74, 6) is 0.373. The molecule has 6 nitrogen and oxygen atoms in total. The standard InChI is InChI=1S/C30H36N4O2/c1-22-10-15-27-28(21-22)33(25-13-11-23(12-14-25)7-5-6-18-31)30(35)34(26-16-19-36-20-17-26)32-29(27)24-8-3-2-4-9-24/h10-15,21,24,26H,2-9,16-17,19-20H2,1H3. The van der Waals surface area contributed by atoms with Gasteiger partial charge in [0.05, 0.1) is 29.2 Å². The number of aryl methyl sites for hydroxylation is 2. The summed E-state index contributed by atoms with van der Waals surface area (Å²) >= 11 is 0. The Labute approximate surface area is 214 Å². The number of amides is 2. The second-order valence-electron chi connectivity index (χ2n) is 10.3. The molecule has 188 valence electrons. The predicted molar refractivity (Wildman–Crippen MR) is 142 cm³/mol. The number of hydrazone groups is 1. The lowest BCUT2D eigenvalue weighted by molar-refractivity contribution is 0.0480. The van der Waals surface area contributed by atoms with Crippen molar-refractivity contribution in [3.63, 3.8) is 0 Å². The number of benzene rings is 2. The quantitative estimate of drug-likeness (QED) is 0.420. The Kier molecular flexibility index (Phi) is 7.67. The second kappa shape index (κ2) is 11.3. The molecular weight excluding hydrogens is 448 g/mol. The number of anilines is 2. The van der Waals surface area contributed by atoms with Gasteiger partial charge in [-0.3, -0.25) is 4.90 Å². The summed E-state index contributed by atoms with van der Waals surface area (Å²) in [4.78, 5) is 16.2. The van der Waals surface area contributed by atoms with E-state index in [9.17, 15) is 4.79 Å². The number of carbonyl (C=O) groups is 1. The number of nitriles is 1. The van der Waals surface area contributed by atoms with Crippen LogP contribution in [0.15, 0.2) is 47.6 Å². The van der Waals surface area contributed by atoms with Crippen molar-refractivity contribution in [2.45, 2.75) is 77.2 Å². The van der Waals surface area contributed by atoms with Gasteiger partial charge in [-0.05, 0) is 74.8 Å². The highest BCUT2D eigenvalue weighted by molar-refractivity contribution is 6.14. The minimum absolute atomic E-state index is 0.0352. The smallest absolute Gasteiger partial charge is 0.349 e. The summed E-state index contributed by atoms with van der Waals surface area (Å²) in [6, 6.07) is 16.9. The highest BCUT2D eigenvalue weighted by atomic mass is 16.5. The zero-order chi connectivity index (χ0) is 24.9. The van der Waals surface area contributed by atoms with Crippen molar-refractivity contribution in [1.82, 2.24) is 5.01 Å². The molecule has 36 heavy (non-hydrogen) atoms. The number of hydrogen-bond donors (Lipinski definition) is 0. The molecule has 0 unspecified atom stereocenters. The Balaban J connectivity index is 1.58. The van der Waals surface area contributed by atoms with Crippen LogP contribution in [0.5, 0.6) is 0 Å². The van der Waals surface area contributed by atoms with Crippen molar-refractivity contribution >= 4 is 23.1 Å². The summed E-state index contributed by atoms with van der Waals surface area (Å²) in [5.41, 5.74) is 6.24. The lowest BCUT2D eigenvalue weighted by Crippen LogP contribution is -2.45. The first-order chi connectivity index (χ1) is 17.7. The van der Waals surface area contributed by atoms with Crippen LogP contribution >= 0.6 is 0 Å². The molecule has 0 radical (unpaired) electrons. The molecule has 2 amide bonds. The molecule has 2 fully saturated rings. The molecule has 6 heteroatoms. The van der Waals surface area contributed by atoms with Crippen LogP contribution in [0, 0.1) is 24.2 Å². The van der Waals surface area contributed by atoms with E-state index in [-0.39, 0.29) is 12.1 Å². The van der Waals surface area contributed by atoms with Gasteiger partial charge in [0, 0.05) is 31.1 Å². The molecule has 3 aliphatic rings. The lowest BCUT2D eigenvalue weighted by Gasteiger charge is -2.33. The van der Waals surface area contributed by atoms with Crippen molar-refractivity contribution in [3.8, 4) is 6.07 Å². The minimum atomic E-state index is -0.0863. The number of hydrogen-bond acceptors (Lipinski definition) is 4. The first-order valence-electron chi connectivity index (χ1n) is 13.5. The van der Waals surface area contributed by atoms with Crippen molar-refractivity contribution in [2.75, 3.05) is 18.1 Å². The van der Waals surface area contributed by atoms with Gasteiger partial charge >= 0.3 is 6.03 Å². The fraction of sp³-hybridized carbons (Fsp3) is 0.500. The number of nitrogens with zero attached hydrogens (tertiary/aromatic N) is 4. The zero-order valence-corrected chi connectivity index (χ0v) is 21.3. The van der Waals surface area contributed by atoms with Gasteiger partial charge < -0.3 is 4.74 Å². The Bertz CT molecular complexity index is 1140. The average Bonchev–Trinajstić information content (AvgIpc) is 3.04. The third-order valence-corrected chi connectivity index (χ3v) is 7.75. The molecule has 0 atom stereocenters. The number of ether oxygens (including phenoxy) is 1. The Morgan fingerprint density at radius 3 is 2.50 bits per heavy atom. The Morgan fingerprint density at radius 2 is 1.78 bits per heavy atom. The van der Waals surface area contributed by atoms with Crippen molar-refractivity contribution in [3.05, 3.63) is 59.2 Å². The molecule has 0 aromatic heterocycles. The molecule has 2 aromatic rings. The number of unbranched alkanes of at least 4 members (excludes halogenated alkanes) is 1. The van der Waals surface area contributed by atoms with E-state index in [1.807, 2.05) is 17.0 Å². The molecule has 0 N–H and O–H groups in total. The van der Waals surface area contributed by atoms with Gasteiger partial charge in [0.15, 0.2) is 0 Å². The van der Waals surface area contributed by atoms with Crippen LogP contribution in [0.4, 0.5) is 16.2 Å². The summed E-state index contributed by atoms with van der Waals surface area (Å²) in [6.07, 6.45) is 9.82. The summed E-state index contributed by atoms with van der Waals surface area (Å²) in [6.45, 7) is 3.40. The topological polar surface area (TPSA) is 68.9 Å². The van der Waals surface area contributed by atoms with Gasteiger partial charge in [-0.1, -0.05) is 43.5 Å². The van der Waals surface area contributed by atoms with Crippen LogP contribution in [0.1, 0.15) is 74.5 Å². The maximum atomic E-state index is 14.3. The van der Waals surface area contributed by atoms with Gasteiger partial charge in [-0.15, -0.1) is 0 Å². The molecule has 2 aliphatic heterocycles. The zero-order valence-electron chi connectivity index (χ0n) is 21.3. The SMILES string of the molecule is Cc1ccc2c(c1)N(c1ccc(CCCC#N)cc1)C(=O)N(C1CCOCC1)N=C2C1CCCCC1. The number of urea groups is 1. The summed E-state index contributed by atoms with van der Waals surface area (Å²) < 4.78 is 5.62. The number of fused-ring (bicyclic) bond motifs is 1. The second-order valence-corrected chi connectivity index (χ2v) is 10.3. The number of carbonyl (C=O) groups excluding carboxylic acids is 1. The van der Waals surface area contributed by atoms with E-state index >= 15 is 0 Å². The predicted octanol–water partition coefficient (Wildman–Crippen LogP) is 6.88. The van der Waals surface area contributed by atoms with Crippen LogP contribution in [-0.2, 0) is 11.2 Å². The van der Waals surface area contributed by atoms with Gasteiger partial charge in [-0.25, -0.2) is 9.80 Å². The first kappa shape index (κ1) is 24.5. The highest BCUT2D eigenvalue weighted by Gasteiger charge is 2.37. The molecule has 2 aromatic carbocycles. The third kappa shape index (κ3) is 5.17. The average molecular weight is 485 g/mol. The van der Waals surface area contributed by atoms with E-state index in [0.29, 0.717) is 25.6 Å². The normalized spacial score (nSPS) is 19.4. The molecule has 1 saturated heterocycles. The van der Waals surface area contributed by atoms with E-state index in [4.69, 9.17) is 15.1 Å². The van der Waals surface area contributed by atoms with Crippen LogP contribution in [0.25, 0.3) is 0 Å². The van der Waals surface area contributed by atoms with Crippen molar-refractivity contribution in [2.24, 2.45) is 11.0 Å². The van der Waals surface area contributed by atoms with Crippen molar-refractivity contribution in [1.29, 1.82) is 5.26 Å². The molecule has 1 saturated carbocycles. The Hall–Kier alpha value is -3.17. The Morgan fingerprint density at radius 1 is 1.03 bits per heavy atom. The van der Waals surface area contributed by atoms with E-state index in [0.717, 1.165) is 66.7 Å². The van der Waals surface area contributed by atoms with E-state index in [2.05, 4.69) is 43.3 Å². The van der Waals surface area contributed by atoms with Crippen molar-refractivity contribution < 1.29 is 9.53 Å². The fourth-order valence-corrected chi connectivity index (χ4v) is 5.74. The molecular formula is C30H36N4O2. The first-order valence-corrected chi connectivity index (χ1v) is 13.5. The number of rotatable bonds is 6. The van der Waals surface area contributed by atoms with Gasteiger partial charge in [-0.2, -0.15) is 10.4 Å². The van der Waals surface area contributed by atoms with Crippen LogP contribution in [0.3, 0.4) is 0 Å². The fourth-order valence-electron chi connectivity index (χ4n) is 5.74. The maximum Gasteiger partial charge on any atom is 0.349 e. The van der Waals surface area contributed by atoms with Crippen LogP contribution in [-0.4, -0.2) is 36.0 Å². The van der Waals surface area contributed by atoms with E-state index in [1.54, 1.807) is 5.01 Å². The highest BCUT2D eigenvalue weighted by Crippen LogP contribution is 2.39. The summed E-state index contributed by atoms with van der Waals surface area (Å²) in [5, 5.41) is 15.8. The molecule has 0 bridgehead atoms. The minimum Gasteiger partial charge on any atom is -0.381 e. The largest absolute Gasteiger partial charge is 0.381 e. The van der Waals surface area contributed by atoms with E-state index in [1.165, 1.54) is 24.8 Å². The molecule has 2 heterocycles.